The normalized spacial score (nSPS) is 10.7. The van der Waals surface area contributed by atoms with Crippen molar-refractivity contribution in [3.05, 3.63) is 35.2 Å². The quantitative estimate of drug-likeness (QED) is 0.585. The number of carbonyl (C=O) groups is 1. The lowest BCUT2D eigenvalue weighted by molar-refractivity contribution is -0.137. The lowest BCUT2D eigenvalue weighted by Gasteiger charge is -2.10. The van der Waals surface area contributed by atoms with Crippen molar-refractivity contribution in [2.45, 2.75) is 26.7 Å². The molecule has 4 heteroatoms. The third-order valence-electron chi connectivity index (χ3n) is 2.65. The molecule has 0 aliphatic heterocycles. The molecule has 0 radical (unpaired) electrons. The van der Waals surface area contributed by atoms with Crippen LogP contribution in [-0.2, 0) is 16.0 Å². The van der Waals surface area contributed by atoms with Gasteiger partial charge in [-0.3, -0.25) is 0 Å². The number of hydrogen-bond acceptors (Lipinski definition) is 3. The second-order valence-corrected chi connectivity index (χ2v) is 3.98. The zero-order valence-corrected chi connectivity index (χ0v) is 11.5. The molecule has 0 saturated heterocycles. The van der Waals surface area contributed by atoms with Gasteiger partial charge in [0.2, 0.25) is 0 Å². The van der Waals surface area contributed by atoms with Crippen LogP contribution in [-0.4, -0.2) is 19.7 Å². The Balaban J connectivity index is 3.06. The van der Waals surface area contributed by atoms with Gasteiger partial charge in [0.15, 0.2) is 11.6 Å². The Morgan fingerprint density at radius 1 is 1.37 bits per heavy atom. The predicted molar refractivity (Wildman–Crippen MR) is 72.6 cm³/mol. The first-order chi connectivity index (χ1) is 9.13. The number of rotatable bonds is 6. The van der Waals surface area contributed by atoms with Crippen LogP contribution in [0.15, 0.2) is 18.2 Å². The summed E-state index contributed by atoms with van der Waals surface area (Å²) in [6.45, 7) is 4.03. The Bertz CT molecular complexity index is 467. The first kappa shape index (κ1) is 15.2. The van der Waals surface area contributed by atoms with E-state index in [2.05, 4.69) is 0 Å². The van der Waals surface area contributed by atoms with E-state index in [1.807, 2.05) is 6.92 Å². The van der Waals surface area contributed by atoms with Gasteiger partial charge in [0.25, 0.3) is 0 Å². The summed E-state index contributed by atoms with van der Waals surface area (Å²) in [5.41, 5.74) is 1.23. The zero-order chi connectivity index (χ0) is 14.3. The van der Waals surface area contributed by atoms with Gasteiger partial charge in [-0.25, -0.2) is 9.18 Å². The second kappa shape index (κ2) is 7.56. The van der Waals surface area contributed by atoms with E-state index in [-0.39, 0.29) is 11.6 Å². The molecule has 1 aromatic carbocycles. The Morgan fingerprint density at radius 2 is 2.11 bits per heavy atom. The number of carbonyl (C=O) groups excluding carboxylic acids is 1. The summed E-state index contributed by atoms with van der Waals surface area (Å²) >= 11 is 0. The Labute approximate surface area is 113 Å². The monoisotopic (exact) mass is 266 g/mol. The van der Waals surface area contributed by atoms with Gasteiger partial charge in [0.1, 0.15) is 0 Å². The molecule has 0 heterocycles. The highest BCUT2D eigenvalue weighted by molar-refractivity contribution is 5.87. The first-order valence-electron chi connectivity index (χ1n) is 6.34. The summed E-state index contributed by atoms with van der Waals surface area (Å²) in [6, 6.07) is 3.29. The van der Waals surface area contributed by atoms with Crippen molar-refractivity contribution in [2.75, 3.05) is 13.7 Å². The summed E-state index contributed by atoms with van der Waals surface area (Å²) in [5.74, 6) is -0.576. The van der Waals surface area contributed by atoms with Crippen LogP contribution in [0, 0.1) is 5.82 Å². The average molecular weight is 266 g/mol. The molecule has 0 amide bonds. The van der Waals surface area contributed by atoms with Gasteiger partial charge in [0, 0.05) is 6.08 Å². The van der Waals surface area contributed by atoms with E-state index in [0.717, 1.165) is 6.42 Å². The molecular formula is C15H19FO3. The topological polar surface area (TPSA) is 35.5 Å². The molecule has 0 aromatic heterocycles. The highest BCUT2D eigenvalue weighted by atomic mass is 19.1. The maximum atomic E-state index is 14.1. The van der Waals surface area contributed by atoms with Crippen molar-refractivity contribution in [1.29, 1.82) is 0 Å². The lowest BCUT2D eigenvalue weighted by atomic mass is 10.0. The van der Waals surface area contributed by atoms with Gasteiger partial charge in [-0.05, 0) is 36.6 Å². The first-order valence-corrected chi connectivity index (χ1v) is 6.34. The van der Waals surface area contributed by atoms with Crippen molar-refractivity contribution in [3.63, 3.8) is 0 Å². The Morgan fingerprint density at radius 3 is 2.68 bits per heavy atom. The molecule has 1 aromatic rings. The fourth-order valence-corrected chi connectivity index (χ4v) is 1.78. The number of hydrogen-bond donors (Lipinski definition) is 0. The summed E-state index contributed by atoms with van der Waals surface area (Å²) in [4.78, 5) is 11.3. The average Bonchev–Trinajstić information content (AvgIpc) is 2.40. The van der Waals surface area contributed by atoms with Crippen LogP contribution in [0.25, 0.3) is 6.08 Å². The minimum absolute atomic E-state index is 0.219. The molecule has 0 fully saturated rings. The third kappa shape index (κ3) is 4.09. The molecular weight excluding hydrogens is 247 g/mol. The summed E-state index contributed by atoms with van der Waals surface area (Å²) in [6.07, 6.45) is 4.28. The predicted octanol–water partition coefficient (Wildman–Crippen LogP) is 3.36. The Kier molecular flexibility index (Phi) is 6.06. The smallest absolute Gasteiger partial charge is 0.330 e. The molecule has 1 rings (SSSR count). The largest absolute Gasteiger partial charge is 0.494 e. The van der Waals surface area contributed by atoms with Gasteiger partial charge in [-0.1, -0.05) is 19.4 Å². The molecule has 0 saturated carbocycles. The van der Waals surface area contributed by atoms with Crippen LogP contribution in [0.5, 0.6) is 5.75 Å². The number of benzene rings is 1. The third-order valence-corrected chi connectivity index (χ3v) is 2.65. The van der Waals surface area contributed by atoms with Crippen LogP contribution in [0.1, 0.15) is 31.4 Å². The van der Waals surface area contributed by atoms with Gasteiger partial charge < -0.3 is 9.47 Å². The molecule has 3 nitrogen and oxygen atoms in total. The van der Waals surface area contributed by atoms with Gasteiger partial charge in [-0.2, -0.15) is 0 Å². The molecule has 0 spiro atoms. The molecule has 0 N–H and O–H groups in total. The highest BCUT2D eigenvalue weighted by Crippen LogP contribution is 2.25. The van der Waals surface area contributed by atoms with E-state index in [9.17, 15) is 9.18 Å². The lowest BCUT2D eigenvalue weighted by Crippen LogP contribution is -2.01. The van der Waals surface area contributed by atoms with Gasteiger partial charge in [0.05, 0.1) is 13.7 Å². The number of halogens is 1. The van der Waals surface area contributed by atoms with E-state index < -0.39 is 5.97 Å². The van der Waals surface area contributed by atoms with E-state index in [0.29, 0.717) is 24.2 Å². The SMILES string of the molecule is CCCc1c(/C=C/C(=O)OCC)ccc(OC)c1F. The Hall–Kier alpha value is -1.84. The highest BCUT2D eigenvalue weighted by Gasteiger charge is 2.12. The van der Waals surface area contributed by atoms with Crippen LogP contribution >= 0.6 is 0 Å². The molecule has 0 aliphatic carbocycles. The molecule has 0 bridgehead atoms. The fourth-order valence-electron chi connectivity index (χ4n) is 1.78. The molecule has 0 atom stereocenters. The van der Waals surface area contributed by atoms with E-state index in [1.165, 1.54) is 13.2 Å². The van der Waals surface area contributed by atoms with Crippen molar-refractivity contribution < 1.29 is 18.7 Å². The standard InChI is InChI=1S/C15H19FO3/c1-4-6-12-11(8-10-14(17)19-5-2)7-9-13(18-3)15(12)16/h7-10H,4-6H2,1-3H3/b10-8+. The molecule has 0 aliphatic rings. The van der Waals surface area contributed by atoms with Crippen LogP contribution in [0.3, 0.4) is 0 Å². The van der Waals surface area contributed by atoms with Crippen LogP contribution in [0.2, 0.25) is 0 Å². The number of ether oxygens (including phenoxy) is 2. The maximum Gasteiger partial charge on any atom is 0.330 e. The van der Waals surface area contributed by atoms with Crippen LogP contribution < -0.4 is 4.74 Å². The molecule has 104 valence electrons. The maximum absolute atomic E-state index is 14.1. The zero-order valence-electron chi connectivity index (χ0n) is 11.5. The minimum atomic E-state index is -0.429. The summed E-state index contributed by atoms with van der Waals surface area (Å²) < 4.78 is 23.9. The van der Waals surface area contributed by atoms with Gasteiger partial charge >= 0.3 is 5.97 Å². The second-order valence-electron chi connectivity index (χ2n) is 3.98. The van der Waals surface area contributed by atoms with Crippen molar-refractivity contribution in [1.82, 2.24) is 0 Å². The fraction of sp³-hybridized carbons (Fsp3) is 0.400. The number of methoxy groups -OCH3 is 1. The summed E-state index contributed by atoms with van der Waals surface area (Å²) in [7, 11) is 1.43. The van der Waals surface area contributed by atoms with E-state index in [4.69, 9.17) is 9.47 Å². The van der Waals surface area contributed by atoms with Crippen molar-refractivity contribution in [3.8, 4) is 5.75 Å². The molecule has 19 heavy (non-hydrogen) atoms. The summed E-state index contributed by atoms with van der Waals surface area (Å²) in [5, 5.41) is 0. The van der Waals surface area contributed by atoms with Gasteiger partial charge in [-0.15, -0.1) is 0 Å². The van der Waals surface area contributed by atoms with Crippen molar-refractivity contribution in [2.24, 2.45) is 0 Å². The minimum Gasteiger partial charge on any atom is -0.494 e. The van der Waals surface area contributed by atoms with Crippen molar-refractivity contribution >= 4 is 12.0 Å². The van der Waals surface area contributed by atoms with Crippen LogP contribution in [0.4, 0.5) is 4.39 Å². The number of esters is 1. The van der Waals surface area contributed by atoms with E-state index >= 15 is 0 Å². The van der Waals surface area contributed by atoms with E-state index in [1.54, 1.807) is 25.1 Å². The molecule has 0 unspecified atom stereocenters.